The van der Waals surface area contributed by atoms with Gasteiger partial charge in [0.05, 0.1) is 12.4 Å². The minimum Gasteiger partial charge on any atom is -0.481 e. The van der Waals surface area contributed by atoms with Crippen LogP contribution in [0.2, 0.25) is 0 Å². The maximum atomic E-state index is 12.7. The summed E-state index contributed by atoms with van der Waals surface area (Å²) < 4.78 is 13.7. The highest BCUT2D eigenvalue weighted by Gasteiger charge is 2.23. The molecule has 0 bridgehead atoms. The van der Waals surface area contributed by atoms with E-state index in [9.17, 15) is 14.3 Å². The molecule has 0 fully saturated rings. The zero-order valence-corrected chi connectivity index (χ0v) is 11.3. The van der Waals surface area contributed by atoms with E-state index in [1.807, 2.05) is 24.3 Å². The van der Waals surface area contributed by atoms with E-state index < -0.39 is 17.7 Å². The van der Waals surface area contributed by atoms with Gasteiger partial charge in [0, 0.05) is 4.47 Å². The molecule has 6 heteroatoms. The molecule has 0 spiro atoms. The Morgan fingerprint density at radius 3 is 2.37 bits per heavy atom. The molecule has 1 heterocycles. The predicted octanol–water partition coefficient (Wildman–Crippen LogP) is 2.79. The molecule has 0 aliphatic rings. The molecule has 4 nitrogen and oxygen atoms in total. The van der Waals surface area contributed by atoms with Gasteiger partial charge in [0.2, 0.25) is 0 Å². The number of carboxylic acids is 1. The normalized spacial score (nSPS) is 12.1. The Kier molecular flexibility index (Phi) is 4.21. The van der Waals surface area contributed by atoms with Crippen molar-refractivity contribution in [3.63, 3.8) is 0 Å². The van der Waals surface area contributed by atoms with Crippen LogP contribution in [0.4, 0.5) is 4.39 Å². The Hall–Kier alpha value is -1.82. The minimum atomic E-state index is -1.03. The first-order valence-electron chi connectivity index (χ1n) is 5.51. The van der Waals surface area contributed by atoms with Gasteiger partial charge in [-0.2, -0.15) is 0 Å². The molecule has 2 rings (SSSR count). The molecule has 0 saturated carbocycles. The van der Waals surface area contributed by atoms with Crippen molar-refractivity contribution in [1.29, 1.82) is 0 Å². The van der Waals surface area contributed by atoms with Crippen LogP contribution in [-0.2, 0) is 11.2 Å². The Bertz CT molecular complexity index is 572. The lowest BCUT2D eigenvalue weighted by molar-refractivity contribution is -0.139. The van der Waals surface area contributed by atoms with Gasteiger partial charge in [0.1, 0.15) is 11.7 Å². The number of rotatable bonds is 4. The van der Waals surface area contributed by atoms with Gasteiger partial charge >= 0.3 is 5.97 Å². The molecule has 1 atom stereocenters. The number of halogens is 2. The molecule has 1 unspecified atom stereocenters. The van der Waals surface area contributed by atoms with Crippen molar-refractivity contribution in [2.75, 3.05) is 0 Å². The molecule has 2 aromatic rings. The molecule has 1 aromatic carbocycles. The summed E-state index contributed by atoms with van der Waals surface area (Å²) in [6.07, 6.45) is 2.20. The fraction of sp³-hybridized carbons (Fsp3) is 0.154. The molecule has 19 heavy (non-hydrogen) atoms. The largest absolute Gasteiger partial charge is 0.481 e. The lowest BCUT2D eigenvalue weighted by Crippen LogP contribution is -2.17. The van der Waals surface area contributed by atoms with Crippen molar-refractivity contribution >= 4 is 21.9 Å². The number of benzene rings is 1. The standard InChI is InChI=1S/C13H10BrFN2O2/c14-9-3-1-8(2-4-9)5-11(13(18)19)12-16-6-10(15)7-17-12/h1-4,6-7,11H,5H2,(H,18,19). The summed E-state index contributed by atoms with van der Waals surface area (Å²) in [5, 5.41) is 9.23. The Morgan fingerprint density at radius 2 is 1.84 bits per heavy atom. The van der Waals surface area contributed by atoms with Crippen LogP contribution < -0.4 is 0 Å². The van der Waals surface area contributed by atoms with Crippen molar-refractivity contribution in [1.82, 2.24) is 9.97 Å². The van der Waals surface area contributed by atoms with E-state index in [0.717, 1.165) is 22.4 Å². The molecule has 98 valence electrons. The van der Waals surface area contributed by atoms with Gasteiger partial charge in [-0.3, -0.25) is 4.79 Å². The van der Waals surface area contributed by atoms with E-state index in [4.69, 9.17) is 0 Å². The molecule has 0 aliphatic carbocycles. The lowest BCUT2D eigenvalue weighted by Gasteiger charge is -2.10. The number of carboxylic acid groups (broad SMARTS) is 1. The van der Waals surface area contributed by atoms with E-state index in [1.54, 1.807) is 0 Å². The zero-order valence-electron chi connectivity index (χ0n) is 9.75. The first-order chi connectivity index (χ1) is 9.06. The number of aromatic nitrogens is 2. The second-order valence-electron chi connectivity index (χ2n) is 3.98. The molecule has 0 aliphatic heterocycles. The second kappa shape index (κ2) is 5.88. The molecular weight excluding hydrogens is 315 g/mol. The van der Waals surface area contributed by atoms with Gasteiger partial charge in [0.15, 0.2) is 5.82 Å². The van der Waals surface area contributed by atoms with Crippen LogP contribution in [-0.4, -0.2) is 21.0 Å². The average Bonchev–Trinajstić information content (AvgIpc) is 2.39. The van der Waals surface area contributed by atoms with Crippen LogP contribution in [0.15, 0.2) is 41.1 Å². The van der Waals surface area contributed by atoms with E-state index in [2.05, 4.69) is 25.9 Å². The van der Waals surface area contributed by atoms with Crippen LogP contribution in [0.25, 0.3) is 0 Å². The SMILES string of the molecule is O=C(O)C(Cc1ccc(Br)cc1)c1ncc(F)cn1. The highest BCUT2D eigenvalue weighted by atomic mass is 79.9. The number of aliphatic carboxylic acids is 1. The smallest absolute Gasteiger partial charge is 0.314 e. The number of carbonyl (C=O) groups is 1. The first-order valence-corrected chi connectivity index (χ1v) is 6.30. The summed E-state index contributed by atoms with van der Waals surface area (Å²) in [5.74, 6) is -2.40. The van der Waals surface area contributed by atoms with Gasteiger partial charge in [-0.05, 0) is 24.1 Å². The third kappa shape index (κ3) is 3.57. The summed E-state index contributed by atoms with van der Waals surface area (Å²) in [5.41, 5.74) is 0.850. The monoisotopic (exact) mass is 324 g/mol. The highest BCUT2D eigenvalue weighted by molar-refractivity contribution is 9.10. The molecular formula is C13H10BrFN2O2. The van der Waals surface area contributed by atoms with Crippen molar-refractivity contribution in [2.24, 2.45) is 0 Å². The Labute approximate surface area is 117 Å². The molecule has 0 radical (unpaired) electrons. The van der Waals surface area contributed by atoms with E-state index in [0.29, 0.717) is 0 Å². The summed E-state index contributed by atoms with van der Waals surface area (Å²) in [6, 6.07) is 7.31. The minimum absolute atomic E-state index is 0.108. The Morgan fingerprint density at radius 1 is 1.26 bits per heavy atom. The Balaban J connectivity index is 2.23. The third-order valence-electron chi connectivity index (χ3n) is 2.60. The number of hydrogen-bond acceptors (Lipinski definition) is 3. The van der Waals surface area contributed by atoms with Crippen molar-refractivity contribution in [3.05, 3.63) is 58.3 Å². The molecule has 1 N–H and O–H groups in total. The maximum absolute atomic E-state index is 12.7. The topological polar surface area (TPSA) is 63.1 Å². The van der Waals surface area contributed by atoms with Gasteiger partial charge in [-0.1, -0.05) is 28.1 Å². The van der Waals surface area contributed by atoms with Crippen molar-refractivity contribution in [2.45, 2.75) is 12.3 Å². The first kappa shape index (κ1) is 13.6. The van der Waals surface area contributed by atoms with E-state index >= 15 is 0 Å². The lowest BCUT2D eigenvalue weighted by atomic mass is 9.99. The number of nitrogens with zero attached hydrogens (tertiary/aromatic N) is 2. The molecule has 0 amide bonds. The van der Waals surface area contributed by atoms with Gasteiger partial charge in [-0.15, -0.1) is 0 Å². The van der Waals surface area contributed by atoms with Crippen LogP contribution in [0, 0.1) is 5.82 Å². The number of hydrogen-bond donors (Lipinski definition) is 1. The van der Waals surface area contributed by atoms with Crippen molar-refractivity contribution < 1.29 is 14.3 Å². The van der Waals surface area contributed by atoms with Crippen LogP contribution in [0.1, 0.15) is 17.3 Å². The third-order valence-corrected chi connectivity index (χ3v) is 3.13. The van der Waals surface area contributed by atoms with E-state index in [-0.39, 0.29) is 12.2 Å². The highest BCUT2D eigenvalue weighted by Crippen LogP contribution is 2.19. The second-order valence-corrected chi connectivity index (χ2v) is 4.90. The fourth-order valence-electron chi connectivity index (χ4n) is 1.65. The summed E-state index contributed by atoms with van der Waals surface area (Å²) in [6.45, 7) is 0. The van der Waals surface area contributed by atoms with Gasteiger partial charge < -0.3 is 5.11 Å². The molecule has 0 saturated heterocycles. The summed E-state index contributed by atoms with van der Waals surface area (Å²) in [7, 11) is 0. The average molecular weight is 325 g/mol. The molecule has 1 aromatic heterocycles. The maximum Gasteiger partial charge on any atom is 0.314 e. The van der Waals surface area contributed by atoms with E-state index in [1.165, 1.54) is 0 Å². The van der Waals surface area contributed by atoms with Crippen LogP contribution in [0.5, 0.6) is 0 Å². The summed E-state index contributed by atoms with van der Waals surface area (Å²) in [4.78, 5) is 18.7. The quantitative estimate of drug-likeness (QED) is 0.939. The van der Waals surface area contributed by atoms with Crippen molar-refractivity contribution in [3.8, 4) is 0 Å². The summed E-state index contributed by atoms with van der Waals surface area (Å²) >= 11 is 3.31. The predicted molar refractivity (Wildman–Crippen MR) is 70.2 cm³/mol. The van der Waals surface area contributed by atoms with Crippen LogP contribution >= 0.6 is 15.9 Å². The fourth-order valence-corrected chi connectivity index (χ4v) is 1.91. The van der Waals surface area contributed by atoms with Gasteiger partial charge in [-0.25, -0.2) is 14.4 Å². The van der Waals surface area contributed by atoms with Gasteiger partial charge in [0.25, 0.3) is 0 Å². The zero-order chi connectivity index (χ0) is 13.8. The van der Waals surface area contributed by atoms with Crippen LogP contribution in [0.3, 0.4) is 0 Å².